The Hall–Kier alpha value is -2.28. The fourth-order valence-electron chi connectivity index (χ4n) is 2.02. The van der Waals surface area contributed by atoms with Gasteiger partial charge in [-0.25, -0.2) is 4.79 Å². The molecule has 0 radical (unpaired) electrons. The summed E-state index contributed by atoms with van der Waals surface area (Å²) in [5.41, 5.74) is 0.961. The van der Waals surface area contributed by atoms with E-state index in [1.165, 1.54) is 0 Å². The molecule has 7 heteroatoms. The zero-order chi connectivity index (χ0) is 15.2. The van der Waals surface area contributed by atoms with Crippen molar-refractivity contribution in [3.63, 3.8) is 0 Å². The van der Waals surface area contributed by atoms with Crippen LogP contribution in [0.2, 0.25) is 0 Å². The second kappa shape index (κ2) is 6.94. The van der Waals surface area contributed by atoms with Gasteiger partial charge in [-0.05, 0) is 26.2 Å². The molecule has 0 aliphatic heterocycles. The highest BCUT2D eigenvalue weighted by molar-refractivity contribution is 5.73. The first kappa shape index (κ1) is 15.1. The van der Waals surface area contributed by atoms with Crippen molar-refractivity contribution in [2.45, 2.75) is 12.6 Å². The minimum absolute atomic E-state index is 0.00384. The normalized spacial score (nSPS) is 12.4. The molecule has 2 amide bonds. The van der Waals surface area contributed by atoms with Gasteiger partial charge in [0.1, 0.15) is 5.76 Å². The van der Waals surface area contributed by atoms with E-state index in [9.17, 15) is 4.79 Å². The summed E-state index contributed by atoms with van der Waals surface area (Å²) in [5, 5.41) is 9.70. The SMILES string of the molecule is CN(C)C(CNC(=O)NCc1cnn(C)c1)c1ccco1. The van der Waals surface area contributed by atoms with E-state index in [1.54, 1.807) is 17.1 Å². The number of hydrogen-bond donors (Lipinski definition) is 2. The number of likely N-dealkylation sites (N-methyl/N-ethyl adjacent to an activating group) is 1. The average molecular weight is 291 g/mol. The van der Waals surface area contributed by atoms with Crippen molar-refractivity contribution in [1.29, 1.82) is 0 Å². The van der Waals surface area contributed by atoms with Gasteiger partial charge in [-0.15, -0.1) is 0 Å². The number of carbonyl (C=O) groups excluding carboxylic acids is 1. The molecule has 0 aromatic carbocycles. The predicted molar refractivity (Wildman–Crippen MR) is 78.6 cm³/mol. The van der Waals surface area contributed by atoms with Crippen molar-refractivity contribution in [2.24, 2.45) is 7.05 Å². The molecular weight excluding hydrogens is 270 g/mol. The second-order valence-electron chi connectivity index (χ2n) is 5.08. The molecule has 2 aromatic heterocycles. The first-order valence-electron chi connectivity index (χ1n) is 6.75. The number of rotatable bonds is 6. The molecule has 2 heterocycles. The van der Waals surface area contributed by atoms with Crippen LogP contribution in [-0.4, -0.2) is 41.4 Å². The van der Waals surface area contributed by atoms with E-state index >= 15 is 0 Å². The van der Waals surface area contributed by atoms with Gasteiger partial charge in [0, 0.05) is 31.9 Å². The van der Waals surface area contributed by atoms with Gasteiger partial charge in [-0.1, -0.05) is 0 Å². The summed E-state index contributed by atoms with van der Waals surface area (Å²) in [6.07, 6.45) is 5.23. The lowest BCUT2D eigenvalue weighted by Crippen LogP contribution is -2.40. The highest BCUT2D eigenvalue weighted by Gasteiger charge is 2.17. The van der Waals surface area contributed by atoms with Crippen molar-refractivity contribution < 1.29 is 9.21 Å². The number of nitrogens with one attached hydrogen (secondary N) is 2. The average Bonchev–Trinajstić information content (AvgIpc) is 3.08. The first-order valence-corrected chi connectivity index (χ1v) is 6.75. The summed E-state index contributed by atoms with van der Waals surface area (Å²) < 4.78 is 7.10. The summed E-state index contributed by atoms with van der Waals surface area (Å²) in [4.78, 5) is 13.8. The Bertz CT molecular complexity index is 562. The van der Waals surface area contributed by atoms with Gasteiger partial charge in [-0.2, -0.15) is 5.10 Å². The Morgan fingerprint density at radius 2 is 2.29 bits per heavy atom. The van der Waals surface area contributed by atoms with E-state index in [0.717, 1.165) is 11.3 Å². The van der Waals surface area contributed by atoms with Crippen LogP contribution in [0.1, 0.15) is 17.4 Å². The molecular formula is C14H21N5O2. The number of nitrogens with zero attached hydrogens (tertiary/aromatic N) is 3. The van der Waals surface area contributed by atoms with E-state index in [0.29, 0.717) is 13.1 Å². The van der Waals surface area contributed by atoms with Crippen LogP contribution in [0.4, 0.5) is 4.79 Å². The van der Waals surface area contributed by atoms with Crippen LogP contribution in [0.25, 0.3) is 0 Å². The van der Waals surface area contributed by atoms with Gasteiger partial charge in [0.2, 0.25) is 0 Å². The number of hydrogen-bond acceptors (Lipinski definition) is 4. The van der Waals surface area contributed by atoms with Gasteiger partial charge < -0.3 is 15.1 Å². The van der Waals surface area contributed by atoms with Crippen molar-refractivity contribution in [1.82, 2.24) is 25.3 Å². The molecule has 1 atom stereocenters. The molecule has 21 heavy (non-hydrogen) atoms. The standard InChI is InChI=1S/C14H21N5O2/c1-18(2)12(13-5-4-6-21-13)9-16-14(20)15-7-11-8-17-19(3)10-11/h4-6,8,10,12H,7,9H2,1-3H3,(H2,15,16,20). The zero-order valence-corrected chi connectivity index (χ0v) is 12.5. The quantitative estimate of drug-likeness (QED) is 0.836. The number of urea groups is 1. The van der Waals surface area contributed by atoms with E-state index in [4.69, 9.17) is 4.42 Å². The van der Waals surface area contributed by atoms with E-state index < -0.39 is 0 Å². The van der Waals surface area contributed by atoms with Gasteiger partial charge in [0.25, 0.3) is 0 Å². The lowest BCUT2D eigenvalue weighted by Gasteiger charge is -2.22. The topological polar surface area (TPSA) is 75.3 Å². The molecule has 0 aliphatic rings. The monoisotopic (exact) mass is 291 g/mol. The summed E-state index contributed by atoms with van der Waals surface area (Å²) in [7, 11) is 5.74. The van der Waals surface area contributed by atoms with Crippen molar-refractivity contribution >= 4 is 6.03 Å². The maximum absolute atomic E-state index is 11.8. The maximum Gasteiger partial charge on any atom is 0.315 e. The molecule has 114 valence electrons. The number of furan rings is 1. The van der Waals surface area contributed by atoms with E-state index in [2.05, 4.69) is 15.7 Å². The number of carbonyl (C=O) groups is 1. The van der Waals surface area contributed by atoms with Gasteiger partial charge in [-0.3, -0.25) is 9.58 Å². The highest BCUT2D eigenvalue weighted by atomic mass is 16.3. The Labute approximate surface area is 123 Å². The van der Waals surface area contributed by atoms with Crippen molar-refractivity contribution in [3.8, 4) is 0 Å². The second-order valence-corrected chi connectivity index (χ2v) is 5.08. The van der Waals surface area contributed by atoms with Crippen LogP contribution in [0.15, 0.2) is 35.2 Å². The van der Waals surface area contributed by atoms with Crippen molar-refractivity contribution in [3.05, 3.63) is 42.1 Å². The zero-order valence-electron chi connectivity index (χ0n) is 12.5. The molecule has 2 N–H and O–H groups in total. The van der Waals surface area contributed by atoms with E-state index in [1.807, 2.05) is 44.4 Å². The summed E-state index contributed by atoms with van der Waals surface area (Å²) >= 11 is 0. The molecule has 0 spiro atoms. The third kappa shape index (κ3) is 4.35. The Morgan fingerprint density at radius 3 is 2.86 bits per heavy atom. The molecule has 0 bridgehead atoms. The lowest BCUT2D eigenvalue weighted by atomic mass is 10.2. The highest BCUT2D eigenvalue weighted by Crippen LogP contribution is 2.17. The molecule has 0 saturated carbocycles. The van der Waals surface area contributed by atoms with E-state index in [-0.39, 0.29) is 12.1 Å². The molecule has 0 saturated heterocycles. The molecule has 0 fully saturated rings. The smallest absolute Gasteiger partial charge is 0.315 e. The van der Waals surface area contributed by atoms with Gasteiger partial charge in [0.05, 0.1) is 18.5 Å². The van der Waals surface area contributed by atoms with Crippen LogP contribution in [0.3, 0.4) is 0 Å². The summed E-state index contributed by atoms with van der Waals surface area (Å²) in [6, 6.07) is 3.54. The summed E-state index contributed by atoms with van der Waals surface area (Å²) in [5.74, 6) is 0.826. The maximum atomic E-state index is 11.8. The van der Waals surface area contributed by atoms with Crippen LogP contribution < -0.4 is 10.6 Å². The molecule has 2 aromatic rings. The molecule has 1 unspecified atom stereocenters. The number of amides is 2. The fraction of sp³-hybridized carbons (Fsp3) is 0.429. The minimum Gasteiger partial charge on any atom is -0.468 e. The Morgan fingerprint density at radius 1 is 1.48 bits per heavy atom. The lowest BCUT2D eigenvalue weighted by molar-refractivity contribution is 0.225. The molecule has 0 aliphatic carbocycles. The molecule has 7 nitrogen and oxygen atoms in total. The van der Waals surface area contributed by atoms with Crippen LogP contribution in [-0.2, 0) is 13.6 Å². The van der Waals surface area contributed by atoms with Gasteiger partial charge in [0.15, 0.2) is 0 Å². The Kier molecular flexibility index (Phi) is 4.99. The Balaban J connectivity index is 1.79. The predicted octanol–water partition coefficient (Wildman–Crippen LogP) is 1.12. The third-order valence-electron chi connectivity index (χ3n) is 3.16. The van der Waals surface area contributed by atoms with Crippen LogP contribution in [0.5, 0.6) is 0 Å². The van der Waals surface area contributed by atoms with Crippen LogP contribution >= 0.6 is 0 Å². The third-order valence-corrected chi connectivity index (χ3v) is 3.16. The number of aromatic nitrogens is 2. The largest absolute Gasteiger partial charge is 0.468 e. The number of aryl methyl sites for hydroxylation is 1. The first-order chi connectivity index (χ1) is 10.1. The minimum atomic E-state index is -0.211. The molecule has 2 rings (SSSR count). The van der Waals surface area contributed by atoms with Crippen LogP contribution in [0, 0.1) is 0 Å². The van der Waals surface area contributed by atoms with Crippen molar-refractivity contribution in [2.75, 3.05) is 20.6 Å². The van der Waals surface area contributed by atoms with Gasteiger partial charge >= 0.3 is 6.03 Å². The summed E-state index contributed by atoms with van der Waals surface area (Å²) in [6.45, 7) is 0.923. The fourth-order valence-corrected chi connectivity index (χ4v) is 2.02.